The van der Waals surface area contributed by atoms with Gasteiger partial charge in [0.05, 0.1) is 11.4 Å². The van der Waals surface area contributed by atoms with E-state index in [1.54, 1.807) is 60.7 Å². The highest BCUT2D eigenvalue weighted by Crippen LogP contribution is 2.32. The summed E-state index contributed by atoms with van der Waals surface area (Å²) in [7, 11) is 0. The number of hydrogen-bond donors (Lipinski definition) is 1. The number of halogens is 1. The molecular formula is C25H18ClN3O5. The van der Waals surface area contributed by atoms with Crippen LogP contribution in [0, 0.1) is 0 Å². The first kappa shape index (κ1) is 22.8. The number of nitrogens with two attached hydrogens (primary N) is 1. The van der Waals surface area contributed by atoms with Gasteiger partial charge >= 0.3 is 6.03 Å². The molecule has 3 aromatic rings. The van der Waals surface area contributed by atoms with Gasteiger partial charge in [0.15, 0.2) is 6.61 Å². The summed E-state index contributed by atoms with van der Waals surface area (Å²) in [5.74, 6) is -2.14. The smallest absolute Gasteiger partial charge is 0.343 e. The Hall–Kier alpha value is -4.43. The van der Waals surface area contributed by atoms with Gasteiger partial charge < -0.3 is 10.5 Å². The van der Waals surface area contributed by atoms with Gasteiger partial charge in [0.1, 0.15) is 11.3 Å². The van der Waals surface area contributed by atoms with Crippen LogP contribution in [0.2, 0.25) is 5.02 Å². The van der Waals surface area contributed by atoms with E-state index in [1.807, 2.05) is 0 Å². The minimum Gasteiger partial charge on any atom is -0.483 e. The van der Waals surface area contributed by atoms with Gasteiger partial charge in [0, 0.05) is 10.6 Å². The van der Waals surface area contributed by atoms with E-state index in [0.717, 1.165) is 9.80 Å². The van der Waals surface area contributed by atoms with E-state index in [1.165, 1.54) is 24.3 Å². The molecule has 4 rings (SSSR count). The van der Waals surface area contributed by atoms with Crippen molar-refractivity contribution in [3.05, 3.63) is 95.0 Å². The first-order valence-corrected chi connectivity index (χ1v) is 10.5. The molecule has 1 saturated heterocycles. The van der Waals surface area contributed by atoms with Crippen LogP contribution in [0.1, 0.15) is 5.56 Å². The molecule has 0 spiro atoms. The van der Waals surface area contributed by atoms with Gasteiger partial charge in [-0.3, -0.25) is 14.4 Å². The third kappa shape index (κ3) is 4.53. The van der Waals surface area contributed by atoms with Crippen LogP contribution >= 0.6 is 11.6 Å². The van der Waals surface area contributed by atoms with Crippen LogP contribution in [0.5, 0.6) is 5.75 Å². The third-order valence-electron chi connectivity index (χ3n) is 4.92. The number of nitrogens with zero attached hydrogens (tertiary/aromatic N) is 2. The predicted octanol–water partition coefficient (Wildman–Crippen LogP) is 3.79. The number of carbonyl (C=O) groups excluding carboxylic acids is 4. The molecule has 0 saturated carbocycles. The zero-order valence-electron chi connectivity index (χ0n) is 17.7. The van der Waals surface area contributed by atoms with Crippen LogP contribution in [0.25, 0.3) is 6.08 Å². The number of benzene rings is 3. The number of para-hydroxylation sites is 2. The standard InChI is InChI=1S/C25H18ClN3O5/c26-17-11-12-21(34-15-22(27)30)16(13-17)14-20-23(31)28(18-7-3-1-4-8-18)25(33)29(24(20)32)19-9-5-2-6-10-19/h1-14H,15H2,(H2,27,30). The van der Waals surface area contributed by atoms with Crippen molar-refractivity contribution in [3.8, 4) is 5.75 Å². The minimum atomic E-state index is -0.811. The van der Waals surface area contributed by atoms with Gasteiger partial charge in [-0.25, -0.2) is 14.6 Å². The van der Waals surface area contributed by atoms with Crippen LogP contribution in [0.15, 0.2) is 84.4 Å². The van der Waals surface area contributed by atoms with Crippen molar-refractivity contribution in [2.24, 2.45) is 5.73 Å². The van der Waals surface area contributed by atoms with Crippen molar-refractivity contribution in [2.45, 2.75) is 0 Å². The zero-order chi connectivity index (χ0) is 24.2. The number of carbonyl (C=O) groups is 4. The maximum absolute atomic E-state index is 13.4. The molecule has 5 amide bonds. The Morgan fingerprint density at radius 3 is 1.88 bits per heavy atom. The second kappa shape index (κ2) is 9.60. The van der Waals surface area contributed by atoms with Crippen molar-refractivity contribution >= 4 is 52.8 Å². The van der Waals surface area contributed by atoms with Gasteiger partial charge in [0.2, 0.25) is 0 Å². The number of hydrogen-bond acceptors (Lipinski definition) is 5. The van der Waals surface area contributed by atoms with E-state index in [4.69, 9.17) is 22.1 Å². The van der Waals surface area contributed by atoms with Crippen LogP contribution < -0.4 is 20.3 Å². The van der Waals surface area contributed by atoms with E-state index >= 15 is 0 Å². The van der Waals surface area contributed by atoms with Crippen LogP contribution in [0.3, 0.4) is 0 Å². The number of primary amides is 1. The Labute approximate surface area is 199 Å². The molecule has 1 heterocycles. The van der Waals surface area contributed by atoms with Gasteiger partial charge in [-0.1, -0.05) is 48.0 Å². The molecule has 1 aliphatic heterocycles. The molecule has 0 radical (unpaired) electrons. The van der Waals surface area contributed by atoms with Crippen LogP contribution in [0.4, 0.5) is 16.2 Å². The quantitative estimate of drug-likeness (QED) is 0.431. The number of ether oxygens (including phenoxy) is 1. The molecule has 8 nitrogen and oxygen atoms in total. The number of urea groups is 1. The lowest BCUT2D eigenvalue weighted by Crippen LogP contribution is -2.57. The Bertz CT molecular complexity index is 1250. The van der Waals surface area contributed by atoms with Crippen LogP contribution in [-0.2, 0) is 14.4 Å². The van der Waals surface area contributed by atoms with Crippen molar-refractivity contribution in [1.29, 1.82) is 0 Å². The lowest BCUT2D eigenvalue weighted by Gasteiger charge is -2.34. The normalized spacial score (nSPS) is 13.8. The number of amides is 5. The second-order valence-corrected chi connectivity index (χ2v) is 7.67. The molecule has 0 bridgehead atoms. The monoisotopic (exact) mass is 475 g/mol. The van der Waals surface area contributed by atoms with Crippen molar-refractivity contribution in [3.63, 3.8) is 0 Å². The van der Waals surface area contributed by atoms with E-state index in [-0.39, 0.29) is 16.9 Å². The lowest BCUT2D eigenvalue weighted by molar-refractivity contribution is -0.121. The molecule has 0 atom stereocenters. The summed E-state index contributed by atoms with van der Waals surface area (Å²) in [6.45, 7) is -0.412. The maximum atomic E-state index is 13.4. The molecule has 34 heavy (non-hydrogen) atoms. The Balaban J connectivity index is 1.86. The number of imide groups is 2. The van der Waals surface area contributed by atoms with Crippen LogP contribution in [-0.4, -0.2) is 30.4 Å². The average molecular weight is 476 g/mol. The first-order chi connectivity index (χ1) is 16.4. The Morgan fingerprint density at radius 1 is 0.853 bits per heavy atom. The summed E-state index contributed by atoms with van der Waals surface area (Å²) >= 11 is 6.12. The molecule has 170 valence electrons. The summed E-state index contributed by atoms with van der Waals surface area (Å²) in [4.78, 5) is 53.2. The fourth-order valence-corrected chi connectivity index (χ4v) is 3.59. The summed E-state index contributed by atoms with van der Waals surface area (Å²) in [6.07, 6.45) is 1.28. The largest absolute Gasteiger partial charge is 0.483 e. The van der Waals surface area contributed by atoms with Gasteiger partial charge in [-0.2, -0.15) is 0 Å². The molecule has 3 aromatic carbocycles. The van der Waals surface area contributed by atoms with Crippen molar-refractivity contribution in [2.75, 3.05) is 16.4 Å². The second-order valence-electron chi connectivity index (χ2n) is 7.23. The van der Waals surface area contributed by atoms with E-state index in [2.05, 4.69) is 0 Å². The minimum absolute atomic E-state index is 0.186. The number of rotatable bonds is 6. The molecule has 0 unspecified atom stereocenters. The topological polar surface area (TPSA) is 110 Å². The molecule has 1 fully saturated rings. The third-order valence-corrected chi connectivity index (χ3v) is 5.16. The summed E-state index contributed by atoms with van der Waals surface area (Å²) in [6, 6.07) is 20.2. The number of barbiturate groups is 1. The lowest BCUT2D eigenvalue weighted by atomic mass is 10.0. The highest BCUT2D eigenvalue weighted by Gasteiger charge is 2.43. The Morgan fingerprint density at radius 2 is 1.38 bits per heavy atom. The van der Waals surface area contributed by atoms with E-state index in [9.17, 15) is 19.2 Å². The number of anilines is 2. The molecule has 1 aliphatic rings. The summed E-state index contributed by atoms with van der Waals surface area (Å²) < 4.78 is 5.42. The highest BCUT2D eigenvalue weighted by molar-refractivity contribution is 6.46. The Kier molecular flexibility index (Phi) is 6.42. The van der Waals surface area contributed by atoms with Gasteiger partial charge in [0.25, 0.3) is 17.7 Å². The molecular weight excluding hydrogens is 458 g/mol. The molecule has 9 heteroatoms. The fraction of sp³-hybridized carbons (Fsp3) is 0.0400. The first-order valence-electron chi connectivity index (χ1n) is 10.1. The fourth-order valence-electron chi connectivity index (χ4n) is 3.41. The molecule has 0 aliphatic carbocycles. The molecule has 0 aromatic heterocycles. The maximum Gasteiger partial charge on any atom is 0.343 e. The average Bonchev–Trinajstić information content (AvgIpc) is 2.82. The van der Waals surface area contributed by atoms with E-state index in [0.29, 0.717) is 16.4 Å². The van der Waals surface area contributed by atoms with Crippen molar-refractivity contribution < 1.29 is 23.9 Å². The SMILES string of the molecule is NC(=O)COc1ccc(Cl)cc1C=C1C(=O)N(c2ccccc2)C(=O)N(c2ccccc2)C1=O. The zero-order valence-corrected chi connectivity index (χ0v) is 18.4. The predicted molar refractivity (Wildman–Crippen MR) is 127 cm³/mol. The highest BCUT2D eigenvalue weighted by atomic mass is 35.5. The van der Waals surface area contributed by atoms with Crippen molar-refractivity contribution in [1.82, 2.24) is 0 Å². The summed E-state index contributed by atoms with van der Waals surface area (Å²) in [5.41, 5.74) is 5.73. The summed E-state index contributed by atoms with van der Waals surface area (Å²) in [5, 5.41) is 0.310. The van der Waals surface area contributed by atoms with Gasteiger partial charge in [-0.15, -0.1) is 0 Å². The van der Waals surface area contributed by atoms with E-state index < -0.39 is 30.4 Å². The molecule has 2 N–H and O–H groups in total. The van der Waals surface area contributed by atoms with Gasteiger partial charge in [-0.05, 0) is 48.5 Å².